The van der Waals surface area contributed by atoms with Crippen LogP contribution >= 0.6 is 0 Å². The van der Waals surface area contributed by atoms with Crippen LogP contribution < -0.4 is 0 Å². The molecule has 1 aliphatic heterocycles. The SMILES string of the molecule is O=C1Cc2ccccc2C(C(=O)O)O1. The summed E-state index contributed by atoms with van der Waals surface area (Å²) in [6, 6.07) is 6.91. The number of rotatable bonds is 1. The molecule has 1 atom stereocenters. The van der Waals surface area contributed by atoms with Crippen molar-refractivity contribution in [3.05, 3.63) is 35.4 Å². The minimum atomic E-state index is -1.15. The van der Waals surface area contributed by atoms with E-state index in [2.05, 4.69) is 0 Å². The highest BCUT2D eigenvalue weighted by Crippen LogP contribution is 2.27. The molecule has 0 bridgehead atoms. The van der Waals surface area contributed by atoms with Crippen molar-refractivity contribution in [2.45, 2.75) is 12.5 Å². The first-order valence-corrected chi connectivity index (χ1v) is 4.18. The zero-order valence-electron chi connectivity index (χ0n) is 7.27. The molecule has 0 fully saturated rings. The van der Waals surface area contributed by atoms with Crippen LogP contribution in [0, 0.1) is 0 Å². The minimum absolute atomic E-state index is 0.153. The van der Waals surface area contributed by atoms with Gasteiger partial charge in [-0.1, -0.05) is 24.3 Å². The molecule has 0 radical (unpaired) electrons. The van der Waals surface area contributed by atoms with Crippen LogP contribution in [0.5, 0.6) is 0 Å². The molecule has 0 saturated carbocycles. The van der Waals surface area contributed by atoms with Gasteiger partial charge in [-0.3, -0.25) is 4.79 Å². The maximum atomic E-state index is 11.1. The lowest BCUT2D eigenvalue weighted by atomic mass is 9.97. The summed E-state index contributed by atoms with van der Waals surface area (Å²) in [6.07, 6.45) is -0.993. The summed E-state index contributed by atoms with van der Waals surface area (Å²) in [5.41, 5.74) is 1.30. The summed E-state index contributed by atoms with van der Waals surface area (Å²) in [7, 11) is 0. The predicted octanol–water partition coefficient (Wildman–Crippen LogP) is 0.912. The van der Waals surface area contributed by atoms with Crippen molar-refractivity contribution >= 4 is 11.9 Å². The molecule has 1 aromatic rings. The Labute approximate surface area is 80.1 Å². The van der Waals surface area contributed by atoms with E-state index in [1.807, 2.05) is 0 Å². The highest BCUT2D eigenvalue weighted by atomic mass is 16.6. The van der Waals surface area contributed by atoms with E-state index < -0.39 is 18.0 Å². The lowest BCUT2D eigenvalue weighted by Crippen LogP contribution is -2.26. The quantitative estimate of drug-likeness (QED) is 0.672. The topological polar surface area (TPSA) is 63.6 Å². The molecule has 14 heavy (non-hydrogen) atoms. The number of hydrogen-bond donors (Lipinski definition) is 1. The Kier molecular flexibility index (Phi) is 1.96. The maximum Gasteiger partial charge on any atom is 0.349 e. The third kappa shape index (κ3) is 1.35. The van der Waals surface area contributed by atoms with Crippen molar-refractivity contribution in [3.8, 4) is 0 Å². The lowest BCUT2D eigenvalue weighted by molar-refractivity contribution is -0.165. The number of ether oxygens (including phenoxy) is 1. The van der Waals surface area contributed by atoms with Crippen molar-refractivity contribution < 1.29 is 19.4 Å². The Morgan fingerprint density at radius 3 is 2.86 bits per heavy atom. The third-order valence-corrected chi connectivity index (χ3v) is 2.15. The van der Waals surface area contributed by atoms with Crippen molar-refractivity contribution in [2.24, 2.45) is 0 Å². The number of carboxylic acid groups (broad SMARTS) is 1. The molecule has 1 heterocycles. The van der Waals surface area contributed by atoms with Crippen molar-refractivity contribution in [1.29, 1.82) is 0 Å². The first kappa shape index (κ1) is 8.74. The standard InChI is InChI=1S/C10H8O4/c11-8-5-6-3-1-2-4-7(6)9(14-8)10(12)13/h1-4,9H,5H2,(H,12,13). The van der Waals surface area contributed by atoms with Gasteiger partial charge >= 0.3 is 11.9 Å². The maximum absolute atomic E-state index is 11.1. The molecule has 1 aromatic carbocycles. The molecule has 72 valence electrons. The summed E-state index contributed by atoms with van der Waals surface area (Å²) >= 11 is 0. The molecule has 1 unspecified atom stereocenters. The zero-order chi connectivity index (χ0) is 10.1. The van der Waals surface area contributed by atoms with Gasteiger partial charge in [0.1, 0.15) is 0 Å². The number of carbonyl (C=O) groups is 2. The van der Waals surface area contributed by atoms with Crippen LogP contribution in [-0.2, 0) is 20.7 Å². The summed E-state index contributed by atoms with van der Waals surface area (Å²) in [5.74, 6) is -1.62. The van der Waals surface area contributed by atoms with Crippen molar-refractivity contribution in [2.75, 3.05) is 0 Å². The van der Waals surface area contributed by atoms with Gasteiger partial charge in [0.2, 0.25) is 6.10 Å². The van der Waals surface area contributed by atoms with Gasteiger partial charge in [-0.25, -0.2) is 4.79 Å². The minimum Gasteiger partial charge on any atom is -0.478 e. The first-order chi connectivity index (χ1) is 6.68. The first-order valence-electron chi connectivity index (χ1n) is 4.18. The molecule has 4 heteroatoms. The molecule has 0 spiro atoms. The van der Waals surface area contributed by atoms with Gasteiger partial charge < -0.3 is 9.84 Å². The van der Waals surface area contributed by atoms with Crippen LogP contribution in [0.3, 0.4) is 0 Å². The Balaban J connectivity index is 2.48. The molecular weight excluding hydrogens is 184 g/mol. The number of carbonyl (C=O) groups excluding carboxylic acids is 1. The van der Waals surface area contributed by atoms with E-state index >= 15 is 0 Å². The average molecular weight is 192 g/mol. The van der Waals surface area contributed by atoms with Gasteiger partial charge in [0, 0.05) is 5.56 Å². The molecule has 0 aliphatic carbocycles. The number of esters is 1. The zero-order valence-corrected chi connectivity index (χ0v) is 7.27. The number of fused-ring (bicyclic) bond motifs is 1. The second-order valence-corrected chi connectivity index (χ2v) is 3.08. The van der Waals surface area contributed by atoms with Gasteiger partial charge in [0.15, 0.2) is 0 Å². The Morgan fingerprint density at radius 1 is 1.43 bits per heavy atom. The normalized spacial score (nSPS) is 19.7. The highest BCUT2D eigenvalue weighted by Gasteiger charge is 2.31. The fourth-order valence-electron chi connectivity index (χ4n) is 1.53. The summed E-state index contributed by atoms with van der Waals surface area (Å²) < 4.78 is 4.74. The van der Waals surface area contributed by atoms with Crippen LogP contribution in [0.2, 0.25) is 0 Å². The summed E-state index contributed by atoms with van der Waals surface area (Å²) in [6.45, 7) is 0. The molecule has 1 N–H and O–H groups in total. The van der Waals surface area contributed by atoms with E-state index in [0.717, 1.165) is 5.56 Å². The van der Waals surface area contributed by atoms with E-state index in [4.69, 9.17) is 9.84 Å². The van der Waals surface area contributed by atoms with Crippen LogP contribution in [0.1, 0.15) is 17.2 Å². The smallest absolute Gasteiger partial charge is 0.349 e. The van der Waals surface area contributed by atoms with E-state index in [0.29, 0.717) is 5.56 Å². The predicted molar refractivity (Wildman–Crippen MR) is 46.6 cm³/mol. The second-order valence-electron chi connectivity index (χ2n) is 3.08. The van der Waals surface area contributed by atoms with Crippen molar-refractivity contribution in [3.63, 3.8) is 0 Å². The number of carboxylic acids is 1. The van der Waals surface area contributed by atoms with Gasteiger partial charge in [-0.15, -0.1) is 0 Å². The van der Waals surface area contributed by atoms with Crippen LogP contribution in [0.4, 0.5) is 0 Å². The number of hydrogen-bond acceptors (Lipinski definition) is 3. The fourth-order valence-corrected chi connectivity index (χ4v) is 1.53. The molecule has 0 saturated heterocycles. The van der Waals surface area contributed by atoms with Crippen LogP contribution in [0.25, 0.3) is 0 Å². The van der Waals surface area contributed by atoms with Crippen molar-refractivity contribution in [1.82, 2.24) is 0 Å². The number of aliphatic carboxylic acids is 1. The van der Waals surface area contributed by atoms with E-state index in [1.165, 1.54) is 0 Å². The number of benzene rings is 1. The van der Waals surface area contributed by atoms with Gasteiger partial charge in [-0.2, -0.15) is 0 Å². The Morgan fingerprint density at radius 2 is 2.14 bits per heavy atom. The fraction of sp³-hybridized carbons (Fsp3) is 0.200. The summed E-state index contributed by atoms with van der Waals surface area (Å²) in [5, 5.41) is 8.83. The largest absolute Gasteiger partial charge is 0.478 e. The Bertz CT molecular complexity index is 397. The molecule has 4 nitrogen and oxygen atoms in total. The monoisotopic (exact) mass is 192 g/mol. The average Bonchev–Trinajstić information content (AvgIpc) is 2.16. The van der Waals surface area contributed by atoms with Gasteiger partial charge in [0.25, 0.3) is 0 Å². The summed E-state index contributed by atoms with van der Waals surface area (Å²) in [4.78, 5) is 21.8. The van der Waals surface area contributed by atoms with E-state index in [1.54, 1.807) is 24.3 Å². The lowest BCUT2D eigenvalue weighted by Gasteiger charge is -2.21. The van der Waals surface area contributed by atoms with E-state index in [-0.39, 0.29) is 6.42 Å². The van der Waals surface area contributed by atoms with Gasteiger partial charge in [-0.05, 0) is 5.56 Å². The van der Waals surface area contributed by atoms with Gasteiger partial charge in [0.05, 0.1) is 6.42 Å². The molecule has 1 aliphatic rings. The number of cyclic esters (lactones) is 1. The highest BCUT2D eigenvalue weighted by molar-refractivity contribution is 5.84. The molecule has 2 rings (SSSR count). The molecule has 0 aromatic heterocycles. The Hall–Kier alpha value is -1.84. The molecular formula is C10H8O4. The van der Waals surface area contributed by atoms with Crippen LogP contribution in [-0.4, -0.2) is 17.0 Å². The van der Waals surface area contributed by atoms with E-state index in [9.17, 15) is 9.59 Å². The van der Waals surface area contributed by atoms with Crippen LogP contribution in [0.15, 0.2) is 24.3 Å². The molecule has 0 amide bonds. The third-order valence-electron chi connectivity index (χ3n) is 2.15. The second kappa shape index (κ2) is 3.14.